The molecule has 1 aromatic carbocycles. The summed E-state index contributed by atoms with van der Waals surface area (Å²) in [5.74, 6) is 0.658. The van der Waals surface area contributed by atoms with Crippen LogP contribution in [0, 0.1) is 0 Å². The molecule has 0 saturated heterocycles. The highest BCUT2D eigenvalue weighted by Crippen LogP contribution is 2.30. The normalized spacial score (nSPS) is 10.4. The molecule has 0 aliphatic heterocycles. The van der Waals surface area contributed by atoms with Gasteiger partial charge in [-0.3, -0.25) is 10.00 Å². The zero-order valence-corrected chi connectivity index (χ0v) is 8.89. The monoisotopic (exact) mass is 221 g/mol. The number of carbonyl (C=O) groups is 1. The van der Waals surface area contributed by atoms with E-state index in [1.165, 1.54) is 0 Å². The van der Waals surface area contributed by atoms with Gasteiger partial charge in [0, 0.05) is 12.4 Å². The molecule has 0 aliphatic rings. The number of aryl methyl sites for hydroxylation is 1. The molecular weight excluding hydrogens is 210 g/mol. The summed E-state index contributed by atoms with van der Waals surface area (Å²) in [7, 11) is 3.33. The number of carboxylic acid groups (broad SMARTS) is 1. The zero-order valence-electron chi connectivity index (χ0n) is 8.89. The molecule has 0 saturated carbocycles. The van der Waals surface area contributed by atoms with Gasteiger partial charge < -0.3 is 9.84 Å². The highest BCUT2D eigenvalue weighted by Gasteiger charge is 2.11. The van der Waals surface area contributed by atoms with Crippen molar-refractivity contribution in [2.24, 2.45) is 7.05 Å². The number of fused-ring (bicyclic) bond motifs is 1. The summed E-state index contributed by atoms with van der Waals surface area (Å²) in [6.45, 7) is 0. The van der Waals surface area contributed by atoms with Crippen molar-refractivity contribution < 1.29 is 14.6 Å². The van der Waals surface area contributed by atoms with E-state index in [1.807, 2.05) is 0 Å². The topological polar surface area (TPSA) is 76.4 Å². The summed E-state index contributed by atoms with van der Waals surface area (Å²) in [4.78, 5) is 10.6. The van der Waals surface area contributed by atoms with Gasteiger partial charge in [0.25, 0.3) is 0 Å². The van der Waals surface area contributed by atoms with Gasteiger partial charge in [-0.15, -0.1) is 0 Å². The standard InChI is InChI=1S/C10H11N3O3/c1-13-9-6(5-11-13)7(12-10(14)15)3-4-8(9)16-2/h3-5,12H,1-2H3,(H,14,15). The average molecular weight is 221 g/mol. The molecule has 0 spiro atoms. The van der Waals surface area contributed by atoms with Crippen LogP contribution in [0.5, 0.6) is 5.75 Å². The molecule has 6 heteroatoms. The second-order valence-electron chi connectivity index (χ2n) is 3.28. The molecule has 84 valence electrons. The molecular formula is C10H11N3O3. The lowest BCUT2D eigenvalue weighted by atomic mass is 10.2. The van der Waals surface area contributed by atoms with Crippen molar-refractivity contribution in [3.8, 4) is 5.75 Å². The van der Waals surface area contributed by atoms with Gasteiger partial charge in [-0.2, -0.15) is 5.10 Å². The van der Waals surface area contributed by atoms with Gasteiger partial charge in [0.2, 0.25) is 0 Å². The molecule has 16 heavy (non-hydrogen) atoms. The van der Waals surface area contributed by atoms with E-state index in [0.717, 1.165) is 5.52 Å². The van der Waals surface area contributed by atoms with Crippen molar-refractivity contribution in [2.75, 3.05) is 12.4 Å². The van der Waals surface area contributed by atoms with E-state index in [0.29, 0.717) is 16.8 Å². The number of hydrogen-bond acceptors (Lipinski definition) is 3. The summed E-state index contributed by atoms with van der Waals surface area (Å²) in [5, 5.41) is 15.8. The third kappa shape index (κ3) is 1.54. The van der Waals surface area contributed by atoms with Crippen molar-refractivity contribution >= 4 is 22.7 Å². The van der Waals surface area contributed by atoms with Crippen molar-refractivity contribution in [3.05, 3.63) is 18.3 Å². The maximum absolute atomic E-state index is 10.6. The summed E-state index contributed by atoms with van der Waals surface area (Å²) in [6, 6.07) is 3.35. The molecule has 6 nitrogen and oxygen atoms in total. The van der Waals surface area contributed by atoms with Gasteiger partial charge in [-0.1, -0.05) is 0 Å². The molecule has 2 rings (SSSR count). The summed E-state index contributed by atoms with van der Waals surface area (Å²) >= 11 is 0. The number of anilines is 1. The largest absolute Gasteiger partial charge is 0.494 e. The Kier molecular flexibility index (Phi) is 2.40. The first-order valence-corrected chi connectivity index (χ1v) is 4.62. The average Bonchev–Trinajstić information content (AvgIpc) is 2.62. The number of nitrogens with one attached hydrogen (secondary N) is 1. The first-order valence-electron chi connectivity index (χ1n) is 4.62. The van der Waals surface area contributed by atoms with Gasteiger partial charge in [-0.25, -0.2) is 4.79 Å². The maximum Gasteiger partial charge on any atom is 0.409 e. The summed E-state index contributed by atoms with van der Waals surface area (Å²) in [5.41, 5.74) is 1.25. The Morgan fingerprint density at radius 2 is 2.31 bits per heavy atom. The number of hydrogen-bond donors (Lipinski definition) is 2. The number of rotatable bonds is 2. The number of amides is 1. The van der Waals surface area contributed by atoms with E-state index in [2.05, 4.69) is 10.4 Å². The Hall–Kier alpha value is -2.24. The van der Waals surface area contributed by atoms with Gasteiger partial charge in [0.15, 0.2) is 0 Å². The second kappa shape index (κ2) is 3.73. The minimum Gasteiger partial charge on any atom is -0.494 e. The SMILES string of the molecule is COc1ccc(NC(=O)O)c2cnn(C)c12. The molecule has 2 aromatic rings. The molecule has 1 amide bonds. The fourth-order valence-corrected chi connectivity index (χ4v) is 1.64. The van der Waals surface area contributed by atoms with E-state index in [9.17, 15) is 4.79 Å². The Morgan fingerprint density at radius 1 is 1.56 bits per heavy atom. The van der Waals surface area contributed by atoms with Crippen molar-refractivity contribution in [1.29, 1.82) is 0 Å². The quantitative estimate of drug-likeness (QED) is 0.808. The maximum atomic E-state index is 10.6. The minimum atomic E-state index is -1.10. The minimum absolute atomic E-state index is 0.497. The van der Waals surface area contributed by atoms with Crippen LogP contribution in [0.25, 0.3) is 10.9 Å². The summed E-state index contributed by atoms with van der Waals surface area (Å²) in [6.07, 6.45) is 0.499. The molecule has 1 heterocycles. The van der Waals surface area contributed by atoms with Gasteiger partial charge in [-0.05, 0) is 12.1 Å². The molecule has 0 bridgehead atoms. The Bertz CT molecular complexity index is 547. The Labute approximate surface area is 91.4 Å². The van der Waals surface area contributed by atoms with Gasteiger partial charge >= 0.3 is 6.09 Å². The molecule has 0 unspecified atom stereocenters. The van der Waals surface area contributed by atoms with Crippen LogP contribution in [-0.2, 0) is 7.05 Å². The zero-order chi connectivity index (χ0) is 11.7. The first kappa shape index (κ1) is 10.3. The smallest absolute Gasteiger partial charge is 0.409 e. The van der Waals surface area contributed by atoms with Crippen molar-refractivity contribution in [3.63, 3.8) is 0 Å². The predicted molar refractivity (Wildman–Crippen MR) is 58.9 cm³/mol. The van der Waals surface area contributed by atoms with E-state index < -0.39 is 6.09 Å². The number of aromatic nitrogens is 2. The molecule has 0 radical (unpaired) electrons. The first-order chi connectivity index (χ1) is 7.63. The van der Waals surface area contributed by atoms with Crippen molar-refractivity contribution in [1.82, 2.24) is 9.78 Å². The molecule has 1 aromatic heterocycles. The van der Waals surface area contributed by atoms with Gasteiger partial charge in [0.1, 0.15) is 11.3 Å². The van der Waals surface area contributed by atoms with Crippen LogP contribution in [0.1, 0.15) is 0 Å². The third-order valence-corrected chi connectivity index (χ3v) is 2.33. The van der Waals surface area contributed by atoms with E-state index in [1.54, 1.807) is 37.2 Å². The third-order valence-electron chi connectivity index (χ3n) is 2.33. The van der Waals surface area contributed by atoms with Crippen LogP contribution in [0.3, 0.4) is 0 Å². The van der Waals surface area contributed by atoms with E-state index in [4.69, 9.17) is 9.84 Å². The Morgan fingerprint density at radius 3 is 2.94 bits per heavy atom. The second-order valence-corrected chi connectivity index (χ2v) is 3.28. The van der Waals surface area contributed by atoms with Crippen molar-refractivity contribution in [2.45, 2.75) is 0 Å². The van der Waals surface area contributed by atoms with Crippen LogP contribution in [0.15, 0.2) is 18.3 Å². The predicted octanol–water partition coefficient (Wildman–Crippen LogP) is 1.67. The molecule has 0 aliphatic carbocycles. The number of benzene rings is 1. The summed E-state index contributed by atoms with van der Waals surface area (Å²) < 4.78 is 6.83. The number of methoxy groups -OCH3 is 1. The van der Waals surface area contributed by atoms with Crippen LogP contribution < -0.4 is 10.1 Å². The lowest BCUT2D eigenvalue weighted by Crippen LogP contribution is -2.07. The van der Waals surface area contributed by atoms with Crippen LogP contribution in [0.2, 0.25) is 0 Å². The van der Waals surface area contributed by atoms with E-state index >= 15 is 0 Å². The van der Waals surface area contributed by atoms with Crippen LogP contribution in [0.4, 0.5) is 10.5 Å². The number of ether oxygens (including phenoxy) is 1. The van der Waals surface area contributed by atoms with E-state index in [-0.39, 0.29) is 0 Å². The number of nitrogens with zero attached hydrogens (tertiary/aromatic N) is 2. The lowest BCUT2D eigenvalue weighted by molar-refractivity contribution is 0.210. The van der Waals surface area contributed by atoms with Crippen LogP contribution >= 0.6 is 0 Å². The highest BCUT2D eigenvalue weighted by molar-refractivity contribution is 6.00. The van der Waals surface area contributed by atoms with Crippen LogP contribution in [-0.4, -0.2) is 28.1 Å². The van der Waals surface area contributed by atoms with Gasteiger partial charge in [0.05, 0.1) is 19.0 Å². The fourth-order valence-electron chi connectivity index (χ4n) is 1.64. The molecule has 0 atom stereocenters. The fraction of sp³-hybridized carbons (Fsp3) is 0.200. The highest BCUT2D eigenvalue weighted by atomic mass is 16.5. The molecule has 0 fully saturated rings. The lowest BCUT2D eigenvalue weighted by Gasteiger charge is -2.07. The Balaban J connectivity index is 2.66. The molecule has 2 N–H and O–H groups in total.